The molecule has 142 valence electrons. The molecule has 0 aliphatic rings. The maximum absolute atomic E-state index is 12.7. The summed E-state index contributed by atoms with van der Waals surface area (Å²) in [6.07, 6.45) is -0.764. The fourth-order valence-electron chi connectivity index (χ4n) is 3.00. The van der Waals surface area contributed by atoms with Crippen molar-refractivity contribution in [2.75, 3.05) is 6.54 Å². The van der Waals surface area contributed by atoms with Crippen molar-refractivity contribution in [2.45, 2.75) is 19.1 Å². The summed E-state index contributed by atoms with van der Waals surface area (Å²) in [6.45, 7) is 2.65. The monoisotopic (exact) mass is 435 g/mol. The van der Waals surface area contributed by atoms with Crippen LogP contribution < -0.4 is 5.32 Å². The van der Waals surface area contributed by atoms with E-state index in [1.54, 1.807) is 12.1 Å². The van der Waals surface area contributed by atoms with E-state index in [2.05, 4.69) is 36.5 Å². The van der Waals surface area contributed by atoms with Gasteiger partial charge in [-0.1, -0.05) is 66.7 Å². The first kappa shape index (κ1) is 21.2. The van der Waals surface area contributed by atoms with E-state index in [0.29, 0.717) is 12.1 Å². The van der Waals surface area contributed by atoms with Crippen molar-refractivity contribution in [1.29, 1.82) is 0 Å². The zero-order valence-corrected chi connectivity index (χ0v) is 16.5. The quantitative estimate of drug-likeness (QED) is 0.464. The van der Waals surface area contributed by atoms with Crippen LogP contribution in [-0.2, 0) is 6.18 Å². The largest absolute Gasteiger partial charge is 0.416 e. The molecule has 0 saturated carbocycles. The fourth-order valence-corrected chi connectivity index (χ4v) is 3.00. The van der Waals surface area contributed by atoms with Crippen molar-refractivity contribution in [3.8, 4) is 0 Å². The summed E-state index contributed by atoms with van der Waals surface area (Å²) in [5, 5.41) is 5.80. The summed E-state index contributed by atoms with van der Waals surface area (Å²) >= 11 is 0. The van der Waals surface area contributed by atoms with Gasteiger partial charge in [0.05, 0.1) is 5.56 Å². The average molecular weight is 436 g/mol. The van der Waals surface area contributed by atoms with Gasteiger partial charge in [0.2, 0.25) is 0 Å². The van der Waals surface area contributed by atoms with Crippen molar-refractivity contribution in [3.05, 3.63) is 89.5 Å². The first-order valence-corrected chi connectivity index (χ1v) is 8.50. The van der Waals surface area contributed by atoms with Gasteiger partial charge >= 0.3 is 6.18 Å². The van der Waals surface area contributed by atoms with E-state index in [1.807, 2.05) is 24.3 Å². The summed E-state index contributed by atoms with van der Waals surface area (Å²) in [6, 6.07) is 19.9. The lowest BCUT2D eigenvalue weighted by atomic mass is 10.00. The highest BCUT2D eigenvalue weighted by Crippen LogP contribution is 2.29. The van der Waals surface area contributed by atoms with Crippen LogP contribution in [0, 0.1) is 0 Å². The Hall–Kier alpha value is -2.11. The third kappa shape index (κ3) is 5.44. The highest BCUT2D eigenvalue weighted by atomic mass is 79.9. The van der Waals surface area contributed by atoms with Gasteiger partial charge in [-0.25, -0.2) is 0 Å². The van der Waals surface area contributed by atoms with Gasteiger partial charge in [-0.3, -0.25) is 0 Å². The van der Waals surface area contributed by atoms with Crippen molar-refractivity contribution >= 4 is 33.8 Å². The zero-order valence-electron chi connectivity index (χ0n) is 14.8. The third-order valence-corrected chi connectivity index (χ3v) is 4.36. The number of benzene rings is 3. The maximum Gasteiger partial charge on any atom is 0.416 e. The minimum Gasteiger partial charge on any atom is -0.307 e. The number of alkyl halides is 3. The van der Waals surface area contributed by atoms with Crippen LogP contribution in [-0.4, -0.2) is 6.54 Å². The Morgan fingerprint density at radius 2 is 1.67 bits per heavy atom. The molecule has 0 saturated heterocycles. The standard InChI is InChI=1S/C22H20F3N.BrH/c1-16(20-13-5-10-18-9-2-3-12-21(18)20)26-14-6-8-17-7-4-11-19(15-17)22(23,24)25;/h2-13,15-16,26H,14H2,1H3;1H/b8-6+;/t16-;/m1./s1. The van der Waals surface area contributed by atoms with Gasteiger partial charge in [0.25, 0.3) is 0 Å². The molecule has 0 heterocycles. The van der Waals surface area contributed by atoms with Crippen molar-refractivity contribution in [1.82, 2.24) is 5.32 Å². The SMILES string of the molecule is Br.C[C@@H](NC/C=C/c1cccc(C(F)(F)F)c1)c1cccc2ccccc12. The Morgan fingerprint density at radius 3 is 2.44 bits per heavy atom. The summed E-state index contributed by atoms with van der Waals surface area (Å²) in [5.41, 5.74) is 1.12. The molecular weight excluding hydrogens is 415 g/mol. The molecule has 1 nitrogen and oxygen atoms in total. The number of halogens is 4. The van der Waals surface area contributed by atoms with Gasteiger partial charge < -0.3 is 5.32 Å². The molecular formula is C22H21BrF3N. The molecule has 3 rings (SSSR count). The molecule has 0 fully saturated rings. The topological polar surface area (TPSA) is 12.0 Å². The second kappa shape index (κ2) is 9.20. The van der Waals surface area contributed by atoms with E-state index in [1.165, 1.54) is 22.4 Å². The molecule has 0 aliphatic heterocycles. The van der Waals surface area contributed by atoms with Gasteiger partial charge in [0, 0.05) is 12.6 Å². The summed E-state index contributed by atoms with van der Waals surface area (Å²) in [5.74, 6) is 0. The van der Waals surface area contributed by atoms with Crippen LogP contribution in [0.5, 0.6) is 0 Å². The van der Waals surface area contributed by atoms with Gasteiger partial charge in [-0.2, -0.15) is 13.2 Å². The Morgan fingerprint density at radius 1 is 0.963 bits per heavy atom. The average Bonchev–Trinajstić information content (AvgIpc) is 2.64. The van der Waals surface area contributed by atoms with Crippen LogP contribution in [0.25, 0.3) is 16.8 Å². The molecule has 0 spiro atoms. The number of hydrogen-bond donors (Lipinski definition) is 1. The van der Waals surface area contributed by atoms with Crippen LogP contribution in [0.4, 0.5) is 13.2 Å². The Balaban J connectivity index is 0.00000261. The number of rotatable bonds is 5. The Bertz CT molecular complexity index is 913. The first-order chi connectivity index (χ1) is 12.4. The normalized spacial score (nSPS) is 12.9. The lowest BCUT2D eigenvalue weighted by Crippen LogP contribution is -2.18. The van der Waals surface area contributed by atoms with E-state index in [0.717, 1.165) is 12.1 Å². The third-order valence-electron chi connectivity index (χ3n) is 4.36. The molecule has 0 radical (unpaired) electrons. The van der Waals surface area contributed by atoms with E-state index in [4.69, 9.17) is 0 Å². The van der Waals surface area contributed by atoms with E-state index < -0.39 is 11.7 Å². The smallest absolute Gasteiger partial charge is 0.307 e. The number of fused-ring (bicyclic) bond motifs is 1. The van der Waals surface area contributed by atoms with E-state index in [9.17, 15) is 13.2 Å². The van der Waals surface area contributed by atoms with Crippen molar-refractivity contribution in [3.63, 3.8) is 0 Å². The lowest BCUT2D eigenvalue weighted by molar-refractivity contribution is -0.137. The van der Waals surface area contributed by atoms with Crippen LogP contribution in [0.1, 0.15) is 29.7 Å². The van der Waals surface area contributed by atoms with Crippen molar-refractivity contribution in [2.24, 2.45) is 0 Å². The van der Waals surface area contributed by atoms with Crippen LogP contribution in [0.15, 0.2) is 72.8 Å². The van der Waals surface area contributed by atoms with E-state index >= 15 is 0 Å². The predicted octanol–water partition coefficient (Wildman–Crippen LogP) is 6.80. The highest BCUT2D eigenvalue weighted by molar-refractivity contribution is 8.93. The molecule has 3 aromatic rings. The lowest BCUT2D eigenvalue weighted by Gasteiger charge is -2.15. The molecule has 0 amide bonds. The minimum atomic E-state index is -4.31. The van der Waals surface area contributed by atoms with Gasteiger partial charge in [0.1, 0.15) is 0 Å². The Kier molecular flexibility index (Phi) is 7.22. The zero-order chi connectivity index (χ0) is 18.6. The number of hydrogen-bond acceptors (Lipinski definition) is 1. The maximum atomic E-state index is 12.7. The molecule has 3 aromatic carbocycles. The fraction of sp³-hybridized carbons (Fsp3) is 0.182. The minimum absolute atomic E-state index is 0. The molecule has 5 heteroatoms. The number of nitrogens with one attached hydrogen (secondary N) is 1. The van der Waals surface area contributed by atoms with Gasteiger partial charge in [-0.05, 0) is 41.0 Å². The predicted molar refractivity (Wildman–Crippen MR) is 111 cm³/mol. The molecule has 0 aliphatic carbocycles. The Labute approximate surface area is 167 Å². The molecule has 0 aromatic heterocycles. The van der Waals surface area contributed by atoms with Gasteiger partial charge in [-0.15, -0.1) is 17.0 Å². The highest BCUT2D eigenvalue weighted by Gasteiger charge is 2.30. The van der Waals surface area contributed by atoms with Crippen LogP contribution >= 0.6 is 17.0 Å². The first-order valence-electron chi connectivity index (χ1n) is 8.50. The second-order valence-corrected chi connectivity index (χ2v) is 6.22. The van der Waals surface area contributed by atoms with E-state index in [-0.39, 0.29) is 23.0 Å². The summed E-state index contributed by atoms with van der Waals surface area (Å²) < 4.78 is 38.2. The second-order valence-electron chi connectivity index (χ2n) is 6.22. The molecule has 1 atom stereocenters. The summed E-state index contributed by atoms with van der Waals surface area (Å²) in [7, 11) is 0. The molecule has 0 unspecified atom stereocenters. The summed E-state index contributed by atoms with van der Waals surface area (Å²) in [4.78, 5) is 0. The molecule has 27 heavy (non-hydrogen) atoms. The molecule has 1 N–H and O–H groups in total. The van der Waals surface area contributed by atoms with Crippen LogP contribution in [0.3, 0.4) is 0 Å². The van der Waals surface area contributed by atoms with Crippen LogP contribution in [0.2, 0.25) is 0 Å². The van der Waals surface area contributed by atoms with Crippen molar-refractivity contribution < 1.29 is 13.2 Å². The molecule has 0 bridgehead atoms. The van der Waals surface area contributed by atoms with Gasteiger partial charge in [0.15, 0.2) is 0 Å².